The fraction of sp³-hybridized carbons (Fsp3) is 0.756. The molecule has 1 aromatic rings. The minimum Gasteiger partial charge on any atom is -0.458 e. The number of carbonyl (C=O) groups is 5. The van der Waals surface area contributed by atoms with Gasteiger partial charge in [0.25, 0.3) is 0 Å². The van der Waals surface area contributed by atoms with Gasteiger partial charge in [-0.3, -0.25) is 14.4 Å². The maximum absolute atomic E-state index is 12.7. The average Bonchev–Trinajstić information content (AvgIpc) is 3.18. The van der Waals surface area contributed by atoms with Gasteiger partial charge < -0.3 is 54.0 Å². The number of nitrogens with one attached hydrogen (secondary N) is 3. The van der Waals surface area contributed by atoms with Gasteiger partial charge >= 0.3 is 12.1 Å². The van der Waals surface area contributed by atoms with Crippen LogP contribution in [0.3, 0.4) is 0 Å². The number of ether oxygens (including phenoxy) is 7. The third-order valence-corrected chi connectivity index (χ3v) is 8.73. The zero-order valence-electron chi connectivity index (χ0n) is 38.5. The van der Waals surface area contributed by atoms with Gasteiger partial charge in [0.15, 0.2) is 0 Å². The molecule has 350 valence electrons. The van der Waals surface area contributed by atoms with Crippen molar-refractivity contribution >= 4 is 29.8 Å². The van der Waals surface area contributed by atoms with E-state index in [2.05, 4.69) is 40.2 Å². The number of unbranched alkanes of at least 4 members (excludes halogenated alkanes) is 2. The predicted molar refractivity (Wildman–Crippen MR) is 233 cm³/mol. The van der Waals surface area contributed by atoms with E-state index in [1.807, 2.05) is 13.8 Å². The van der Waals surface area contributed by atoms with Gasteiger partial charge in [-0.1, -0.05) is 29.8 Å². The van der Waals surface area contributed by atoms with E-state index in [9.17, 15) is 24.0 Å². The molecular formula is C45H78N4O12. The fourth-order valence-corrected chi connectivity index (χ4v) is 5.56. The zero-order chi connectivity index (χ0) is 45.4. The Morgan fingerprint density at radius 2 is 1.11 bits per heavy atom. The quantitative estimate of drug-likeness (QED) is 0.0619. The molecule has 0 fully saturated rings. The first-order valence-corrected chi connectivity index (χ1v) is 22.0. The molecule has 16 heteroatoms. The summed E-state index contributed by atoms with van der Waals surface area (Å²) < 4.78 is 38.5. The number of likely N-dealkylation sites (N-methyl/N-ethyl adjacent to an activating group) is 1. The number of alkyl carbamates (subject to hydrolysis) is 1. The van der Waals surface area contributed by atoms with Crippen LogP contribution in [0.4, 0.5) is 4.79 Å². The Morgan fingerprint density at radius 1 is 0.607 bits per heavy atom. The highest BCUT2D eigenvalue weighted by atomic mass is 16.6. The van der Waals surface area contributed by atoms with Crippen LogP contribution in [-0.2, 0) is 58.8 Å². The highest BCUT2D eigenvalue weighted by molar-refractivity contribution is 5.81. The van der Waals surface area contributed by atoms with Crippen LogP contribution in [0, 0.1) is 6.92 Å². The van der Waals surface area contributed by atoms with Crippen LogP contribution < -0.4 is 16.0 Å². The second kappa shape index (κ2) is 32.8. The Balaban J connectivity index is 1.99. The molecule has 0 aliphatic rings. The molecule has 0 unspecified atom stereocenters. The van der Waals surface area contributed by atoms with Crippen LogP contribution in [0.25, 0.3) is 0 Å². The van der Waals surface area contributed by atoms with Crippen molar-refractivity contribution in [2.45, 2.75) is 130 Å². The van der Waals surface area contributed by atoms with Crippen LogP contribution in [0.15, 0.2) is 24.3 Å². The summed E-state index contributed by atoms with van der Waals surface area (Å²) in [5.74, 6) is -0.581. The molecule has 3 N–H and O–H groups in total. The second-order valence-corrected chi connectivity index (χ2v) is 16.7. The van der Waals surface area contributed by atoms with Crippen LogP contribution >= 0.6 is 0 Å². The lowest BCUT2D eigenvalue weighted by atomic mass is 10.1. The van der Waals surface area contributed by atoms with E-state index in [4.69, 9.17) is 33.2 Å². The molecule has 0 saturated carbocycles. The van der Waals surface area contributed by atoms with Crippen molar-refractivity contribution in [3.05, 3.63) is 35.4 Å². The molecule has 1 atom stereocenters. The summed E-state index contributed by atoms with van der Waals surface area (Å²) in [6.07, 6.45) is 3.89. The van der Waals surface area contributed by atoms with E-state index < -0.39 is 29.3 Å². The first-order chi connectivity index (χ1) is 29.0. The van der Waals surface area contributed by atoms with E-state index in [0.717, 1.165) is 12.0 Å². The number of esters is 1. The molecule has 0 aliphatic carbocycles. The number of nitrogens with zero attached hydrogens (tertiary/aromatic N) is 1. The molecule has 4 amide bonds. The van der Waals surface area contributed by atoms with E-state index in [0.29, 0.717) is 144 Å². The topological polar surface area (TPSA) is 189 Å². The number of benzene rings is 1. The van der Waals surface area contributed by atoms with Crippen molar-refractivity contribution < 1.29 is 57.1 Å². The highest BCUT2D eigenvalue weighted by Crippen LogP contribution is 2.14. The number of hydrogen-bond donors (Lipinski definition) is 3. The summed E-state index contributed by atoms with van der Waals surface area (Å²) in [5.41, 5.74) is 0.953. The van der Waals surface area contributed by atoms with E-state index in [1.165, 1.54) is 5.56 Å². The second-order valence-electron chi connectivity index (χ2n) is 16.7. The van der Waals surface area contributed by atoms with Crippen LogP contribution in [0.2, 0.25) is 0 Å². The molecule has 1 rings (SSSR count). The van der Waals surface area contributed by atoms with Crippen molar-refractivity contribution in [1.29, 1.82) is 0 Å². The van der Waals surface area contributed by atoms with Crippen molar-refractivity contribution in [2.24, 2.45) is 0 Å². The minimum absolute atomic E-state index is 0.0152. The number of aryl methyl sites for hydroxylation is 2. The number of carbonyl (C=O) groups excluding carboxylic acids is 5. The molecule has 0 saturated heterocycles. The lowest BCUT2D eigenvalue weighted by Crippen LogP contribution is -2.46. The maximum atomic E-state index is 12.7. The van der Waals surface area contributed by atoms with E-state index >= 15 is 0 Å². The Bertz CT molecular complexity index is 1360. The highest BCUT2D eigenvalue weighted by Gasteiger charge is 2.28. The Hall–Kier alpha value is -3.83. The van der Waals surface area contributed by atoms with Crippen molar-refractivity contribution in [3.8, 4) is 0 Å². The SMILES string of the molecule is CCN(CCOCCOCCOCCOCCOCCNC(=O)CCc1ccc(C)cc1)C(=O)CCCCC(=O)NCCCC[C@H](NC(=O)OC(C)(C)C)C(=O)OC(C)(C)C. The molecule has 0 heterocycles. The number of rotatable bonds is 34. The largest absolute Gasteiger partial charge is 0.458 e. The summed E-state index contributed by atoms with van der Waals surface area (Å²) >= 11 is 0. The van der Waals surface area contributed by atoms with Crippen LogP contribution in [0.5, 0.6) is 0 Å². The van der Waals surface area contributed by atoms with E-state index in [1.54, 1.807) is 46.4 Å². The van der Waals surface area contributed by atoms with Crippen LogP contribution in [-0.4, -0.2) is 144 Å². The van der Waals surface area contributed by atoms with Gasteiger partial charge in [0.1, 0.15) is 17.2 Å². The van der Waals surface area contributed by atoms with Gasteiger partial charge in [-0.05, 0) is 99.5 Å². The van der Waals surface area contributed by atoms with Crippen LogP contribution in [0.1, 0.15) is 111 Å². The van der Waals surface area contributed by atoms with E-state index in [-0.39, 0.29) is 17.7 Å². The van der Waals surface area contributed by atoms with Gasteiger partial charge in [-0.2, -0.15) is 0 Å². The van der Waals surface area contributed by atoms with Gasteiger partial charge in [-0.15, -0.1) is 0 Å². The smallest absolute Gasteiger partial charge is 0.408 e. The maximum Gasteiger partial charge on any atom is 0.408 e. The summed E-state index contributed by atoms with van der Waals surface area (Å²) in [6, 6.07) is 7.34. The van der Waals surface area contributed by atoms with Gasteiger partial charge in [0, 0.05) is 45.4 Å². The molecule has 0 aromatic heterocycles. The van der Waals surface area contributed by atoms with Crippen molar-refractivity contribution in [1.82, 2.24) is 20.9 Å². The number of amides is 4. The molecule has 16 nitrogen and oxygen atoms in total. The molecule has 0 spiro atoms. The summed E-state index contributed by atoms with van der Waals surface area (Å²) in [4.78, 5) is 63.8. The predicted octanol–water partition coefficient (Wildman–Crippen LogP) is 5.06. The van der Waals surface area contributed by atoms with Crippen molar-refractivity contribution in [3.63, 3.8) is 0 Å². The Kier molecular flexibility index (Phi) is 29.7. The third-order valence-electron chi connectivity index (χ3n) is 8.73. The fourth-order valence-electron chi connectivity index (χ4n) is 5.56. The monoisotopic (exact) mass is 867 g/mol. The number of hydrogen-bond acceptors (Lipinski definition) is 12. The lowest BCUT2D eigenvalue weighted by Gasteiger charge is -2.26. The summed E-state index contributed by atoms with van der Waals surface area (Å²) in [7, 11) is 0. The summed E-state index contributed by atoms with van der Waals surface area (Å²) in [5, 5.41) is 8.37. The zero-order valence-corrected chi connectivity index (χ0v) is 38.5. The molecule has 1 aromatic carbocycles. The minimum atomic E-state index is -0.862. The normalized spacial score (nSPS) is 12.1. The van der Waals surface area contributed by atoms with Gasteiger partial charge in [0.2, 0.25) is 17.7 Å². The molecular weight excluding hydrogens is 789 g/mol. The molecule has 0 bridgehead atoms. The molecule has 61 heavy (non-hydrogen) atoms. The van der Waals surface area contributed by atoms with Crippen molar-refractivity contribution in [2.75, 3.05) is 92.2 Å². The molecule has 0 aliphatic heterocycles. The van der Waals surface area contributed by atoms with Gasteiger partial charge in [-0.25, -0.2) is 9.59 Å². The third kappa shape index (κ3) is 32.5. The molecule has 0 radical (unpaired) electrons. The summed E-state index contributed by atoms with van der Waals surface area (Å²) in [6.45, 7) is 20.8. The first kappa shape index (κ1) is 55.2. The Labute approximate surface area is 365 Å². The Morgan fingerprint density at radius 3 is 1.67 bits per heavy atom. The first-order valence-electron chi connectivity index (χ1n) is 22.0. The average molecular weight is 867 g/mol. The lowest BCUT2D eigenvalue weighted by molar-refractivity contribution is -0.157. The van der Waals surface area contributed by atoms with Gasteiger partial charge in [0.05, 0.1) is 66.1 Å². The standard InChI is InChI=1S/C45H78N4O12/c1-9-49(41(52)16-11-10-15-39(50)46-23-13-12-14-38(42(53)60-44(3,4)5)48-43(54)61-45(6,7)8)25-27-56-29-31-58-33-35-59-34-32-57-30-28-55-26-24-47-40(51)22-21-37-19-17-36(2)18-20-37/h17-20,38H,9-16,21-35H2,1-8H3,(H,46,50)(H,47,51)(H,48,54)/t38-/m0/s1.